The number of rotatable bonds is 12. The summed E-state index contributed by atoms with van der Waals surface area (Å²) in [5.41, 5.74) is 0. The van der Waals surface area contributed by atoms with Gasteiger partial charge in [0.15, 0.2) is 0 Å². The van der Waals surface area contributed by atoms with Gasteiger partial charge in [0.2, 0.25) is 0 Å². The van der Waals surface area contributed by atoms with Crippen molar-refractivity contribution >= 4 is 5.97 Å². The average molecular weight is 490 g/mol. The zero-order valence-corrected chi connectivity index (χ0v) is 16.1. The van der Waals surface area contributed by atoms with Crippen molar-refractivity contribution in [1.82, 2.24) is 0 Å². The number of carbonyl (C=O) groups is 1. The van der Waals surface area contributed by atoms with Gasteiger partial charge >= 0.3 is 41.8 Å². The Morgan fingerprint density at radius 2 is 1.19 bits per heavy atom. The van der Waals surface area contributed by atoms with Crippen molar-refractivity contribution in [2.24, 2.45) is 5.92 Å². The molecule has 31 heavy (non-hydrogen) atoms. The van der Waals surface area contributed by atoms with Crippen LogP contribution in [-0.4, -0.2) is 48.4 Å². The number of hydrogen-bond acceptors (Lipinski definition) is 2. The molecule has 0 amide bonds. The standard InChI is InChI=1S/C16H19F13O2/c1-3-5-6-9(4-2)10(30)31-8-7-11(17,18)12(19,20)13(21,22)14(23,24)15(25,26)16(27,28)29/h9H,3-8H2,1-2H3. The lowest BCUT2D eigenvalue weighted by Crippen LogP contribution is -2.70. The predicted molar refractivity (Wildman–Crippen MR) is 79.7 cm³/mol. The highest BCUT2D eigenvalue weighted by molar-refractivity contribution is 5.72. The van der Waals surface area contributed by atoms with Crippen LogP contribution in [0.4, 0.5) is 57.1 Å². The third-order valence-corrected chi connectivity index (χ3v) is 4.39. The van der Waals surface area contributed by atoms with Crippen molar-refractivity contribution in [2.75, 3.05) is 6.61 Å². The van der Waals surface area contributed by atoms with E-state index in [0.29, 0.717) is 12.8 Å². The molecule has 0 aromatic heterocycles. The summed E-state index contributed by atoms with van der Waals surface area (Å²) >= 11 is 0. The van der Waals surface area contributed by atoms with E-state index in [1.54, 1.807) is 6.92 Å². The smallest absolute Gasteiger partial charge is 0.460 e. The second-order valence-electron chi connectivity index (χ2n) is 6.66. The van der Waals surface area contributed by atoms with Gasteiger partial charge in [-0.1, -0.05) is 26.7 Å². The summed E-state index contributed by atoms with van der Waals surface area (Å²) in [5.74, 6) is -39.2. The topological polar surface area (TPSA) is 26.3 Å². The van der Waals surface area contributed by atoms with Gasteiger partial charge in [-0.2, -0.15) is 57.1 Å². The first-order valence-electron chi connectivity index (χ1n) is 8.78. The van der Waals surface area contributed by atoms with Crippen LogP contribution in [0.2, 0.25) is 0 Å². The van der Waals surface area contributed by atoms with Crippen molar-refractivity contribution in [3.63, 3.8) is 0 Å². The highest BCUT2D eigenvalue weighted by Gasteiger charge is 2.90. The van der Waals surface area contributed by atoms with Gasteiger partial charge in [0.25, 0.3) is 0 Å². The lowest BCUT2D eigenvalue weighted by atomic mass is 9.93. The number of alkyl halides is 13. The van der Waals surface area contributed by atoms with Crippen molar-refractivity contribution in [3.8, 4) is 0 Å². The zero-order chi connectivity index (χ0) is 25.1. The monoisotopic (exact) mass is 490 g/mol. The van der Waals surface area contributed by atoms with Gasteiger partial charge in [-0.15, -0.1) is 0 Å². The second-order valence-corrected chi connectivity index (χ2v) is 6.66. The molecule has 0 N–H and O–H groups in total. The molecule has 0 heterocycles. The largest absolute Gasteiger partial charge is 0.465 e. The van der Waals surface area contributed by atoms with Gasteiger partial charge in [0.05, 0.1) is 18.9 Å². The molecule has 15 heteroatoms. The Balaban J connectivity index is 5.57. The SMILES string of the molecule is CCCCC(CC)C(=O)OCCC(F)(F)C(F)(F)C(F)(F)C(F)(F)C(F)(F)C(F)(F)F. The number of unbranched alkanes of at least 4 members (excludes halogenated alkanes) is 1. The van der Waals surface area contributed by atoms with E-state index in [2.05, 4.69) is 4.74 Å². The van der Waals surface area contributed by atoms with Crippen LogP contribution in [0.5, 0.6) is 0 Å². The highest BCUT2D eigenvalue weighted by atomic mass is 19.4. The van der Waals surface area contributed by atoms with Gasteiger partial charge < -0.3 is 4.74 Å². The van der Waals surface area contributed by atoms with Gasteiger partial charge in [-0.05, 0) is 12.8 Å². The first-order valence-corrected chi connectivity index (χ1v) is 8.78. The third-order valence-electron chi connectivity index (χ3n) is 4.39. The third kappa shape index (κ3) is 5.49. The highest BCUT2D eigenvalue weighted by Crippen LogP contribution is 2.60. The lowest BCUT2D eigenvalue weighted by Gasteiger charge is -2.39. The van der Waals surface area contributed by atoms with Crippen LogP contribution in [0.25, 0.3) is 0 Å². The zero-order valence-electron chi connectivity index (χ0n) is 16.1. The van der Waals surface area contributed by atoms with E-state index in [9.17, 15) is 61.9 Å². The molecule has 0 aliphatic heterocycles. The van der Waals surface area contributed by atoms with Gasteiger partial charge in [0.1, 0.15) is 0 Å². The lowest BCUT2D eigenvalue weighted by molar-refractivity contribution is -0.440. The Morgan fingerprint density at radius 3 is 1.58 bits per heavy atom. The molecule has 0 saturated heterocycles. The molecule has 1 atom stereocenters. The molecule has 0 spiro atoms. The van der Waals surface area contributed by atoms with Crippen LogP contribution in [0, 0.1) is 5.92 Å². The summed E-state index contributed by atoms with van der Waals surface area (Å²) in [6, 6.07) is 0. The minimum Gasteiger partial charge on any atom is -0.465 e. The maximum absolute atomic E-state index is 13.6. The van der Waals surface area contributed by atoms with Gasteiger partial charge in [-0.3, -0.25) is 4.79 Å². The maximum Gasteiger partial charge on any atom is 0.460 e. The molecule has 0 aromatic rings. The molecule has 0 aliphatic rings. The van der Waals surface area contributed by atoms with Crippen LogP contribution in [0.15, 0.2) is 0 Å². The number of halogens is 13. The van der Waals surface area contributed by atoms with E-state index in [1.165, 1.54) is 6.92 Å². The molecule has 1 unspecified atom stereocenters. The summed E-state index contributed by atoms with van der Waals surface area (Å²) in [6.45, 7) is 1.51. The molecule has 0 saturated carbocycles. The van der Waals surface area contributed by atoms with Crippen LogP contribution < -0.4 is 0 Å². The molecule has 0 rings (SSSR count). The predicted octanol–water partition coefficient (Wildman–Crippen LogP) is 6.87. The molecule has 186 valence electrons. The molecule has 0 aliphatic carbocycles. The number of hydrogen-bond donors (Lipinski definition) is 0. The first-order chi connectivity index (χ1) is 13.7. The fourth-order valence-corrected chi connectivity index (χ4v) is 2.30. The molecule has 0 radical (unpaired) electrons. The summed E-state index contributed by atoms with van der Waals surface area (Å²) < 4.78 is 173. The van der Waals surface area contributed by atoms with E-state index in [0.717, 1.165) is 0 Å². The molecule has 0 aromatic carbocycles. The molecular formula is C16H19F13O2. The minimum absolute atomic E-state index is 0.127. The summed E-state index contributed by atoms with van der Waals surface area (Å²) in [5, 5.41) is 0. The Hall–Kier alpha value is -1.44. The summed E-state index contributed by atoms with van der Waals surface area (Å²) in [4.78, 5) is 11.7. The van der Waals surface area contributed by atoms with Crippen LogP contribution in [0.3, 0.4) is 0 Å². The molecular weight excluding hydrogens is 471 g/mol. The van der Waals surface area contributed by atoms with Crippen molar-refractivity contribution in [3.05, 3.63) is 0 Å². The van der Waals surface area contributed by atoms with E-state index in [1.807, 2.05) is 0 Å². The van der Waals surface area contributed by atoms with Gasteiger partial charge in [-0.25, -0.2) is 0 Å². The van der Waals surface area contributed by atoms with E-state index < -0.39 is 60.7 Å². The summed E-state index contributed by atoms with van der Waals surface area (Å²) in [7, 11) is 0. The first kappa shape index (κ1) is 29.6. The quantitative estimate of drug-likeness (QED) is 0.220. The van der Waals surface area contributed by atoms with Crippen LogP contribution in [-0.2, 0) is 9.53 Å². The Kier molecular flexibility index (Phi) is 9.14. The van der Waals surface area contributed by atoms with Crippen LogP contribution >= 0.6 is 0 Å². The van der Waals surface area contributed by atoms with E-state index in [-0.39, 0.29) is 12.8 Å². The molecule has 2 nitrogen and oxygen atoms in total. The Bertz CT molecular complexity index is 599. The fraction of sp³-hybridized carbons (Fsp3) is 0.938. The Labute approximate surface area is 168 Å². The number of ether oxygens (including phenoxy) is 1. The summed E-state index contributed by atoms with van der Waals surface area (Å²) in [6.07, 6.45) is -8.57. The number of esters is 1. The fourth-order valence-electron chi connectivity index (χ4n) is 2.30. The molecule has 0 fully saturated rings. The average Bonchev–Trinajstić information content (AvgIpc) is 2.60. The van der Waals surface area contributed by atoms with Crippen molar-refractivity contribution < 1.29 is 66.6 Å². The van der Waals surface area contributed by atoms with Crippen LogP contribution in [0.1, 0.15) is 46.0 Å². The van der Waals surface area contributed by atoms with Crippen molar-refractivity contribution in [2.45, 2.75) is 81.7 Å². The van der Waals surface area contributed by atoms with Crippen molar-refractivity contribution in [1.29, 1.82) is 0 Å². The van der Waals surface area contributed by atoms with Gasteiger partial charge in [0, 0.05) is 0 Å². The maximum atomic E-state index is 13.6. The number of carbonyl (C=O) groups excluding carboxylic acids is 1. The molecule has 0 bridgehead atoms. The Morgan fingerprint density at radius 1 is 0.742 bits per heavy atom. The minimum atomic E-state index is -7.94. The second kappa shape index (κ2) is 9.59. The normalized spacial score (nSPS) is 15.7. The van der Waals surface area contributed by atoms with E-state index in [4.69, 9.17) is 0 Å². The van der Waals surface area contributed by atoms with E-state index >= 15 is 0 Å².